The van der Waals surface area contributed by atoms with Crippen molar-refractivity contribution in [3.8, 4) is 5.75 Å². The Labute approximate surface area is 134 Å². The molecule has 0 saturated carbocycles. The quantitative estimate of drug-likeness (QED) is 0.808. The summed E-state index contributed by atoms with van der Waals surface area (Å²) in [7, 11) is 1.53. The fourth-order valence-corrected chi connectivity index (χ4v) is 2.39. The second kappa shape index (κ2) is 6.43. The second-order valence-electron chi connectivity index (χ2n) is 3.80. The van der Waals surface area contributed by atoms with Crippen molar-refractivity contribution in [2.45, 2.75) is 0 Å². The lowest BCUT2D eigenvalue weighted by Gasteiger charge is -2.10. The minimum atomic E-state index is -0.354. The maximum Gasteiger partial charge on any atom is 0.255 e. The molecule has 20 heavy (non-hydrogen) atoms. The van der Waals surface area contributed by atoms with E-state index in [1.165, 1.54) is 19.2 Å². The van der Waals surface area contributed by atoms with E-state index in [-0.39, 0.29) is 16.2 Å². The molecule has 0 atom stereocenters. The number of aromatic nitrogens is 1. The van der Waals surface area contributed by atoms with Crippen molar-refractivity contribution in [1.82, 2.24) is 4.98 Å². The van der Waals surface area contributed by atoms with Crippen LogP contribution in [0.1, 0.15) is 10.4 Å². The number of benzene rings is 1. The van der Waals surface area contributed by atoms with Gasteiger partial charge in [0.1, 0.15) is 16.1 Å². The molecule has 4 nitrogen and oxygen atoms in total. The minimum Gasteiger partial charge on any atom is -0.495 e. The number of pyridine rings is 1. The van der Waals surface area contributed by atoms with Crippen molar-refractivity contribution in [1.29, 1.82) is 0 Å². The first kappa shape index (κ1) is 15.1. The Morgan fingerprint density at radius 1 is 1.25 bits per heavy atom. The number of carbonyl (C=O) groups is 1. The van der Waals surface area contributed by atoms with E-state index in [0.29, 0.717) is 17.0 Å². The van der Waals surface area contributed by atoms with Gasteiger partial charge >= 0.3 is 0 Å². The highest BCUT2D eigenvalue weighted by molar-refractivity contribution is 9.10. The zero-order valence-electron chi connectivity index (χ0n) is 10.3. The Kier molecular flexibility index (Phi) is 4.86. The zero-order chi connectivity index (χ0) is 14.7. The van der Waals surface area contributed by atoms with Crippen LogP contribution in [-0.2, 0) is 0 Å². The van der Waals surface area contributed by atoms with Crippen molar-refractivity contribution in [2.75, 3.05) is 12.4 Å². The molecule has 7 heteroatoms. The summed E-state index contributed by atoms with van der Waals surface area (Å²) in [5.74, 6) is 0.195. The predicted molar refractivity (Wildman–Crippen MR) is 82.9 cm³/mol. The number of hydrogen-bond donors (Lipinski definition) is 1. The average Bonchev–Trinajstić information content (AvgIpc) is 2.37. The van der Waals surface area contributed by atoms with Crippen LogP contribution in [0.4, 0.5) is 5.69 Å². The van der Waals surface area contributed by atoms with Crippen LogP contribution < -0.4 is 10.1 Å². The fraction of sp³-hybridized carbons (Fsp3) is 0.0769. The molecular formula is C13H9BrCl2N2O2. The van der Waals surface area contributed by atoms with E-state index in [2.05, 4.69) is 26.2 Å². The predicted octanol–water partition coefficient (Wildman–Crippen LogP) is 4.41. The van der Waals surface area contributed by atoms with E-state index >= 15 is 0 Å². The van der Waals surface area contributed by atoms with E-state index in [4.69, 9.17) is 27.9 Å². The molecule has 0 fully saturated rings. The van der Waals surface area contributed by atoms with Gasteiger partial charge in [0, 0.05) is 10.0 Å². The molecule has 1 aromatic heterocycles. The molecule has 1 amide bonds. The molecule has 0 aliphatic heterocycles. The third kappa shape index (κ3) is 3.62. The number of amides is 1. The van der Waals surface area contributed by atoms with Crippen molar-refractivity contribution >= 4 is 50.7 Å². The first-order chi connectivity index (χ1) is 9.49. The second-order valence-corrected chi connectivity index (χ2v) is 5.49. The molecule has 2 rings (SSSR count). The summed E-state index contributed by atoms with van der Waals surface area (Å²) in [6.07, 6.45) is 0. The normalized spacial score (nSPS) is 10.2. The van der Waals surface area contributed by atoms with Crippen molar-refractivity contribution < 1.29 is 9.53 Å². The Bertz CT molecular complexity index is 645. The summed E-state index contributed by atoms with van der Waals surface area (Å²) in [6, 6.07) is 8.17. The number of hydrogen-bond acceptors (Lipinski definition) is 3. The highest BCUT2D eigenvalue weighted by Crippen LogP contribution is 2.28. The molecule has 0 aliphatic rings. The maximum atomic E-state index is 12.2. The van der Waals surface area contributed by atoms with Crippen LogP contribution in [0.5, 0.6) is 5.75 Å². The first-order valence-electron chi connectivity index (χ1n) is 5.47. The molecule has 1 heterocycles. The van der Waals surface area contributed by atoms with E-state index in [1.54, 1.807) is 12.1 Å². The van der Waals surface area contributed by atoms with Gasteiger partial charge in [-0.3, -0.25) is 4.79 Å². The van der Waals surface area contributed by atoms with Gasteiger partial charge in [0.05, 0.1) is 12.8 Å². The van der Waals surface area contributed by atoms with Crippen molar-refractivity contribution in [3.05, 3.63) is 50.7 Å². The lowest BCUT2D eigenvalue weighted by Crippen LogP contribution is -2.13. The first-order valence-corrected chi connectivity index (χ1v) is 7.02. The number of ether oxygens (including phenoxy) is 1. The Balaban J connectivity index is 2.29. The number of nitrogens with zero attached hydrogens (tertiary/aromatic N) is 1. The Hall–Kier alpha value is -1.30. The van der Waals surface area contributed by atoms with Gasteiger partial charge in [0.2, 0.25) is 0 Å². The Morgan fingerprint density at radius 3 is 2.50 bits per heavy atom. The molecule has 1 N–H and O–H groups in total. The van der Waals surface area contributed by atoms with Gasteiger partial charge in [-0.2, -0.15) is 0 Å². The molecule has 0 saturated heterocycles. The number of halogens is 3. The van der Waals surface area contributed by atoms with Gasteiger partial charge in [-0.15, -0.1) is 0 Å². The maximum absolute atomic E-state index is 12.2. The van der Waals surface area contributed by atoms with Gasteiger partial charge in [-0.1, -0.05) is 39.1 Å². The third-order valence-corrected chi connectivity index (χ3v) is 3.32. The van der Waals surface area contributed by atoms with Gasteiger partial charge in [0.15, 0.2) is 0 Å². The zero-order valence-corrected chi connectivity index (χ0v) is 13.4. The lowest BCUT2D eigenvalue weighted by atomic mass is 10.2. The molecule has 2 aromatic rings. The third-order valence-electron chi connectivity index (χ3n) is 2.43. The largest absolute Gasteiger partial charge is 0.495 e. The van der Waals surface area contributed by atoms with Crippen LogP contribution in [0.3, 0.4) is 0 Å². The Morgan fingerprint density at radius 2 is 1.90 bits per heavy atom. The number of anilines is 1. The molecular weight excluding hydrogens is 367 g/mol. The van der Waals surface area contributed by atoms with E-state index in [9.17, 15) is 4.79 Å². The van der Waals surface area contributed by atoms with Crippen LogP contribution in [0.25, 0.3) is 0 Å². The summed E-state index contributed by atoms with van der Waals surface area (Å²) in [6.45, 7) is 0. The average molecular weight is 376 g/mol. The highest BCUT2D eigenvalue weighted by atomic mass is 79.9. The number of nitrogens with one attached hydrogen (secondary N) is 1. The lowest BCUT2D eigenvalue weighted by molar-refractivity contribution is 0.102. The monoisotopic (exact) mass is 374 g/mol. The number of rotatable bonds is 3. The molecule has 0 unspecified atom stereocenters. The van der Waals surface area contributed by atoms with Gasteiger partial charge in [0.25, 0.3) is 5.91 Å². The van der Waals surface area contributed by atoms with E-state index in [1.807, 2.05) is 6.07 Å². The molecule has 0 spiro atoms. The molecule has 0 radical (unpaired) electrons. The van der Waals surface area contributed by atoms with E-state index in [0.717, 1.165) is 4.47 Å². The highest BCUT2D eigenvalue weighted by Gasteiger charge is 2.12. The number of methoxy groups -OCH3 is 1. The van der Waals surface area contributed by atoms with Crippen LogP contribution in [0.2, 0.25) is 10.3 Å². The molecule has 1 aromatic carbocycles. The number of carbonyl (C=O) groups excluding carboxylic acids is 1. The van der Waals surface area contributed by atoms with E-state index < -0.39 is 0 Å². The van der Waals surface area contributed by atoms with Crippen LogP contribution >= 0.6 is 39.1 Å². The topological polar surface area (TPSA) is 51.2 Å². The van der Waals surface area contributed by atoms with Crippen molar-refractivity contribution in [2.24, 2.45) is 0 Å². The standard InChI is InChI=1S/C13H9BrCl2N2O2/c1-20-10-3-2-8(14)6-9(10)17-13(19)7-4-11(15)18-12(16)5-7/h2-6H,1H3,(H,17,19). The molecule has 0 aliphatic carbocycles. The summed E-state index contributed by atoms with van der Waals surface area (Å²) >= 11 is 14.9. The summed E-state index contributed by atoms with van der Waals surface area (Å²) in [5.41, 5.74) is 0.855. The summed E-state index contributed by atoms with van der Waals surface area (Å²) in [4.78, 5) is 16.0. The molecule has 104 valence electrons. The van der Waals surface area contributed by atoms with Crippen molar-refractivity contribution in [3.63, 3.8) is 0 Å². The van der Waals surface area contributed by atoms with Gasteiger partial charge in [-0.05, 0) is 30.3 Å². The SMILES string of the molecule is COc1ccc(Br)cc1NC(=O)c1cc(Cl)nc(Cl)c1. The van der Waals surface area contributed by atoms with Crippen LogP contribution in [0.15, 0.2) is 34.8 Å². The van der Waals surface area contributed by atoms with Gasteiger partial charge < -0.3 is 10.1 Å². The fourth-order valence-electron chi connectivity index (χ4n) is 1.57. The minimum absolute atomic E-state index is 0.156. The van der Waals surface area contributed by atoms with Gasteiger partial charge in [-0.25, -0.2) is 4.98 Å². The molecule has 0 bridgehead atoms. The van der Waals surface area contributed by atoms with Crippen LogP contribution in [0, 0.1) is 0 Å². The smallest absolute Gasteiger partial charge is 0.255 e. The summed E-state index contributed by atoms with van der Waals surface area (Å²) < 4.78 is 6.00. The summed E-state index contributed by atoms with van der Waals surface area (Å²) in [5, 5.41) is 3.05. The van der Waals surface area contributed by atoms with Crippen LogP contribution in [-0.4, -0.2) is 18.0 Å².